The number of benzene rings is 2. The quantitative estimate of drug-likeness (QED) is 0.858. The number of fused-ring (bicyclic) bond motifs is 3. The molecule has 2 aromatic rings. The molecular formula is C17H16N2O. The predicted octanol–water partition coefficient (Wildman–Crippen LogP) is 2.59. The van der Waals surface area contributed by atoms with Crippen LogP contribution in [0.25, 0.3) is 0 Å². The number of hydrogen-bond acceptors (Lipinski definition) is 2. The zero-order valence-corrected chi connectivity index (χ0v) is 11.3. The van der Waals surface area contributed by atoms with Crippen LogP contribution in [0.1, 0.15) is 17.5 Å². The van der Waals surface area contributed by atoms with Gasteiger partial charge in [0, 0.05) is 19.2 Å². The van der Waals surface area contributed by atoms with Gasteiger partial charge >= 0.3 is 0 Å². The maximum absolute atomic E-state index is 12.3. The average molecular weight is 264 g/mol. The van der Waals surface area contributed by atoms with Crippen LogP contribution < -0.4 is 5.32 Å². The van der Waals surface area contributed by atoms with E-state index < -0.39 is 0 Å². The lowest BCUT2D eigenvalue weighted by Crippen LogP contribution is -2.42. The molecule has 4 rings (SSSR count). The van der Waals surface area contributed by atoms with Crippen LogP contribution in [0.3, 0.4) is 0 Å². The van der Waals surface area contributed by atoms with Crippen molar-refractivity contribution in [2.45, 2.75) is 18.0 Å². The number of rotatable bonds is 1. The standard InChI is InChI=1S/C17H16N2O/c1-19-15(20)11-17(12-7-3-2-4-8-12)13-9-5-6-10-14(13)18-16(17)19/h2-10,16,18H,11H2,1H3/t16-,17+/m1/s1. The highest BCUT2D eigenvalue weighted by Gasteiger charge is 2.57. The fourth-order valence-electron chi connectivity index (χ4n) is 3.69. The van der Waals surface area contributed by atoms with Crippen molar-refractivity contribution in [3.05, 3.63) is 65.7 Å². The van der Waals surface area contributed by atoms with Gasteiger partial charge in [-0.15, -0.1) is 0 Å². The Bertz CT molecular complexity index is 682. The molecule has 1 fully saturated rings. The van der Waals surface area contributed by atoms with Gasteiger partial charge in [0.2, 0.25) is 5.91 Å². The van der Waals surface area contributed by atoms with Gasteiger partial charge in [0.1, 0.15) is 6.17 Å². The summed E-state index contributed by atoms with van der Waals surface area (Å²) < 4.78 is 0. The van der Waals surface area contributed by atoms with Crippen molar-refractivity contribution < 1.29 is 4.79 Å². The van der Waals surface area contributed by atoms with Crippen LogP contribution in [0.4, 0.5) is 5.69 Å². The van der Waals surface area contributed by atoms with Crippen molar-refractivity contribution >= 4 is 11.6 Å². The second-order valence-corrected chi connectivity index (χ2v) is 5.61. The number of para-hydroxylation sites is 1. The molecular weight excluding hydrogens is 248 g/mol. The van der Waals surface area contributed by atoms with Crippen LogP contribution in [0.2, 0.25) is 0 Å². The van der Waals surface area contributed by atoms with Crippen molar-refractivity contribution in [1.29, 1.82) is 0 Å². The molecule has 3 nitrogen and oxygen atoms in total. The lowest BCUT2D eigenvalue weighted by molar-refractivity contribution is -0.127. The number of amides is 1. The van der Waals surface area contributed by atoms with Gasteiger partial charge in [-0.2, -0.15) is 0 Å². The zero-order chi connectivity index (χ0) is 13.7. The molecule has 0 radical (unpaired) electrons. The number of carbonyl (C=O) groups is 1. The molecule has 0 aliphatic carbocycles. The summed E-state index contributed by atoms with van der Waals surface area (Å²) in [5, 5.41) is 3.52. The molecule has 0 unspecified atom stereocenters. The number of carbonyl (C=O) groups excluding carboxylic acids is 1. The van der Waals surface area contributed by atoms with Crippen LogP contribution in [0, 0.1) is 0 Å². The van der Waals surface area contributed by atoms with E-state index >= 15 is 0 Å². The number of hydrogen-bond donors (Lipinski definition) is 1. The van der Waals surface area contributed by atoms with E-state index in [1.165, 1.54) is 11.1 Å². The monoisotopic (exact) mass is 264 g/mol. The van der Waals surface area contributed by atoms with Gasteiger partial charge in [-0.1, -0.05) is 48.5 Å². The fourth-order valence-corrected chi connectivity index (χ4v) is 3.69. The Kier molecular flexibility index (Phi) is 2.22. The summed E-state index contributed by atoms with van der Waals surface area (Å²) in [5.41, 5.74) is 3.32. The summed E-state index contributed by atoms with van der Waals surface area (Å²) in [4.78, 5) is 14.1. The van der Waals surface area contributed by atoms with E-state index in [-0.39, 0.29) is 17.5 Å². The third-order valence-corrected chi connectivity index (χ3v) is 4.67. The molecule has 2 aromatic carbocycles. The van der Waals surface area contributed by atoms with Gasteiger partial charge in [-0.3, -0.25) is 4.79 Å². The third kappa shape index (κ3) is 1.27. The van der Waals surface area contributed by atoms with Crippen molar-refractivity contribution in [3.63, 3.8) is 0 Å². The highest BCUT2D eigenvalue weighted by molar-refractivity contribution is 5.87. The fraction of sp³-hybridized carbons (Fsp3) is 0.235. The number of likely N-dealkylation sites (N-methyl/N-ethyl adjacent to an activating group) is 1. The molecule has 2 aliphatic rings. The summed E-state index contributed by atoms with van der Waals surface area (Å²) in [5.74, 6) is 0.195. The number of nitrogens with zero attached hydrogens (tertiary/aromatic N) is 1. The van der Waals surface area contributed by atoms with Gasteiger partial charge in [-0.25, -0.2) is 0 Å². The first-order chi connectivity index (χ1) is 9.73. The van der Waals surface area contributed by atoms with Crippen molar-refractivity contribution in [1.82, 2.24) is 4.90 Å². The van der Waals surface area contributed by atoms with Crippen LogP contribution in [-0.4, -0.2) is 24.0 Å². The van der Waals surface area contributed by atoms with Gasteiger partial charge in [0.25, 0.3) is 0 Å². The van der Waals surface area contributed by atoms with Crippen molar-refractivity contribution in [2.24, 2.45) is 0 Å². The predicted molar refractivity (Wildman–Crippen MR) is 78.5 cm³/mol. The molecule has 0 bridgehead atoms. The Balaban J connectivity index is 1.99. The number of likely N-dealkylation sites (tertiary alicyclic amines) is 1. The molecule has 2 atom stereocenters. The molecule has 0 saturated carbocycles. The summed E-state index contributed by atoms with van der Waals surface area (Å²) in [6.07, 6.45) is 0.539. The lowest BCUT2D eigenvalue weighted by Gasteiger charge is -2.31. The molecule has 1 N–H and O–H groups in total. The van der Waals surface area contributed by atoms with Gasteiger partial charge in [0.05, 0.1) is 5.41 Å². The van der Waals surface area contributed by atoms with Gasteiger partial charge in [-0.05, 0) is 17.2 Å². The van der Waals surface area contributed by atoms with E-state index in [2.05, 4.69) is 35.6 Å². The third-order valence-electron chi connectivity index (χ3n) is 4.67. The van der Waals surface area contributed by atoms with E-state index in [0.29, 0.717) is 6.42 Å². The van der Waals surface area contributed by atoms with Crippen LogP contribution >= 0.6 is 0 Å². The smallest absolute Gasteiger partial charge is 0.225 e. The Morgan fingerprint density at radius 1 is 1.10 bits per heavy atom. The maximum Gasteiger partial charge on any atom is 0.225 e. The Morgan fingerprint density at radius 3 is 2.60 bits per heavy atom. The first kappa shape index (κ1) is 11.5. The highest BCUT2D eigenvalue weighted by atomic mass is 16.2. The molecule has 1 saturated heterocycles. The molecule has 2 heterocycles. The highest BCUT2D eigenvalue weighted by Crippen LogP contribution is 2.52. The second-order valence-electron chi connectivity index (χ2n) is 5.61. The van der Waals surface area contributed by atoms with E-state index in [1.54, 1.807) is 0 Å². The molecule has 20 heavy (non-hydrogen) atoms. The van der Waals surface area contributed by atoms with Crippen LogP contribution in [0.5, 0.6) is 0 Å². The largest absolute Gasteiger partial charge is 0.364 e. The van der Waals surface area contributed by atoms with E-state index in [1.807, 2.05) is 36.2 Å². The van der Waals surface area contributed by atoms with E-state index in [4.69, 9.17) is 0 Å². The normalized spacial score (nSPS) is 27.1. The first-order valence-electron chi connectivity index (χ1n) is 6.91. The summed E-state index contributed by atoms with van der Waals surface area (Å²) >= 11 is 0. The summed E-state index contributed by atoms with van der Waals surface area (Å²) in [7, 11) is 1.89. The van der Waals surface area contributed by atoms with Crippen LogP contribution in [-0.2, 0) is 10.2 Å². The summed E-state index contributed by atoms with van der Waals surface area (Å²) in [6, 6.07) is 18.7. The zero-order valence-electron chi connectivity index (χ0n) is 11.3. The summed E-state index contributed by atoms with van der Waals surface area (Å²) in [6.45, 7) is 0. The minimum Gasteiger partial charge on any atom is -0.364 e. The Hall–Kier alpha value is -2.29. The van der Waals surface area contributed by atoms with Gasteiger partial charge < -0.3 is 10.2 Å². The van der Waals surface area contributed by atoms with E-state index in [0.717, 1.165) is 5.69 Å². The Morgan fingerprint density at radius 2 is 1.80 bits per heavy atom. The first-order valence-corrected chi connectivity index (χ1v) is 6.91. The molecule has 1 amide bonds. The average Bonchev–Trinajstić information content (AvgIpc) is 2.94. The van der Waals surface area contributed by atoms with E-state index in [9.17, 15) is 4.79 Å². The second kappa shape index (κ2) is 3.85. The Labute approximate surface area is 118 Å². The molecule has 2 aliphatic heterocycles. The number of anilines is 1. The maximum atomic E-state index is 12.3. The number of nitrogens with one attached hydrogen (secondary N) is 1. The molecule has 100 valence electrons. The van der Waals surface area contributed by atoms with Crippen molar-refractivity contribution in [2.75, 3.05) is 12.4 Å². The topological polar surface area (TPSA) is 32.3 Å². The molecule has 3 heteroatoms. The van der Waals surface area contributed by atoms with Crippen molar-refractivity contribution in [3.8, 4) is 0 Å². The lowest BCUT2D eigenvalue weighted by atomic mass is 9.73. The molecule has 0 aromatic heterocycles. The minimum absolute atomic E-state index is 0.00907. The molecule has 0 spiro atoms. The minimum atomic E-state index is -0.260. The SMILES string of the molecule is CN1C(=O)C[C@]2(c3ccccc3)c3ccccc3N[C@H]12. The van der Waals surface area contributed by atoms with Gasteiger partial charge in [0.15, 0.2) is 0 Å². The van der Waals surface area contributed by atoms with Crippen LogP contribution in [0.15, 0.2) is 54.6 Å².